The molecule has 6 heteroatoms. The number of hydrogen-bond donors (Lipinski definition) is 0. The molecule has 4 nitrogen and oxygen atoms in total. The van der Waals surface area contributed by atoms with Crippen molar-refractivity contribution in [3.8, 4) is 0 Å². The monoisotopic (exact) mass is 289 g/mol. The molecule has 0 heterocycles. The van der Waals surface area contributed by atoms with E-state index in [0.29, 0.717) is 6.54 Å². The highest BCUT2D eigenvalue weighted by atomic mass is 35.5. The molecule has 0 aromatic heterocycles. The molecule has 0 saturated heterocycles. The first-order valence-electron chi connectivity index (χ1n) is 5.66. The van der Waals surface area contributed by atoms with Crippen molar-refractivity contribution >= 4 is 26.9 Å². The van der Waals surface area contributed by atoms with E-state index in [0.717, 1.165) is 12.8 Å². The fourth-order valence-corrected chi connectivity index (χ4v) is 2.83. The van der Waals surface area contributed by atoms with Crippen LogP contribution < -0.4 is 0 Å². The minimum absolute atomic E-state index is 0.0904. The Kier molecular flexibility index (Phi) is 5.31. The first-order valence-corrected chi connectivity index (χ1v) is 7.47. The molecule has 1 aromatic carbocycles. The average molecular weight is 290 g/mol. The van der Waals surface area contributed by atoms with Crippen LogP contribution in [-0.4, -0.2) is 31.6 Å². The lowest BCUT2D eigenvalue weighted by Gasteiger charge is -2.16. The summed E-state index contributed by atoms with van der Waals surface area (Å²) in [4.78, 5) is 11.1. The SMILES string of the molecule is CCCCN(C)S(=O)(=O)c1cccc(C(=O)Cl)c1. The molecule has 0 radical (unpaired) electrons. The second-order valence-electron chi connectivity index (χ2n) is 3.98. The number of rotatable bonds is 6. The number of carbonyl (C=O) groups excluding carboxylic acids is 1. The second-order valence-corrected chi connectivity index (χ2v) is 6.37. The van der Waals surface area contributed by atoms with Crippen molar-refractivity contribution in [1.82, 2.24) is 4.31 Å². The third-order valence-corrected chi connectivity index (χ3v) is 4.67. The molecule has 0 atom stereocenters. The van der Waals surface area contributed by atoms with E-state index >= 15 is 0 Å². The summed E-state index contributed by atoms with van der Waals surface area (Å²) in [5.74, 6) is 0. The number of unbranched alkanes of at least 4 members (excludes halogenated alkanes) is 1. The van der Waals surface area contributed by atoms with Gasteiger partial charge in [-0.15, -0.1) is 0 Å². The molecule has 0 spiro atoms. The van der Waals surface area contributed by atoms with E-state index in [2.05, 4.69) is 0 Å². The summed E-state index contributed by atoms with van der Waals surface area (Å²) >= 11 is 5.34. The lowest BCUT2D eigenvalue weighted by molar-refractivity contribution is 0.108. The largest absolute Gasteiger partial charge is 0.276 e. The van der Waals surface area contributed by atoms with Crippen LogP contribution in [0, 0.1) is 0 Å². The zero-order valence-corrected chi connectivity index (χ0v) is 12.0. The van der Waals surface area contributed by atoms with E-state index in [1.807, 2.05) is 6.92 Å². The van der Waals surface area contributed by atoms with Crippen LogP contribution in [0.15, 0.2) is 29.2 Å². The molecule has 18 heavy (non-hydrogen) atoms. The molecular weight excluding hydrogens is 274 g/mol. The van der Waals surface area contributed by atoms with E-state index in [9.17, 15) is 13.2 Å². The van der Waals surface area contributed by atoms with Gasteiger partial charge in [-0.3, -0.25) is 4.79 Å². The number of halogens is 1. The maximum Gasteiger partial charge on any atom is 0.252 e. The Morgan fingerprint density at radius 1 is 1.39 bits per heavy atom. The average Bonchev–Trinajstić information content (AvgIpc) is 2.35. The first-order chi connectivity index (χ1) is 8.39. The van der Waals surface area contributed by atoms with E-state index in [1.54, 1.807) is 0 Å². The Morgan fingerprint density at radius 2 is 2.06 bits per heavy atom. The van der Waals surface area contributed by atoms with Gasteiger partial charge in [-0.25, -0.2) is 12.7 Å². The van der Waals surface area contributed by atoms with Crippen molar-refractivity contribution in [3.05, 3.63) is 29.8 Å². The van der Waals surface area contributed by atoms with Crippen LogP contribution in [0.5, 0.6) is 0 Å². The summed E-state index contributed by atoms with van der Waals surface area (Å²) in [5, 5.41) is -0.664. The van der Waals surface area contributed by atoms with Crippen molar-refractivity contribution in [3.63, 3.8) is 0 Å². The molecule has 0 amide bonds. The zero-order chi connectivity index (χ0) is 13.8. The summed E-state index contributed by atoms with van der Waals surface area (Å²) in [6, 6.07) is 5.75. The van der Waals surface area contributed by atoms with Crippen LogP contribution in [0.25, 0.3) is 0 Å². The molecule has 0 unspecified atom stereocenters. The molecule has 0 N–H and O–H groups in total. The van der Waals surface area contributed by atoms with Gasteiger partial charge in [0, 0.05) is 19.2 Å². The van der Waals surface area contributed by atoms with Gasteiger partial charge in [-0.05, 0) is 30.2 Å². The molecule has 0 aliphatic carbocycles. The number of nitrogens with zero attached hydrogens (tertiary/aromatic N) is 1. The molecule has 1 rings (SSSR count). The highest BCUT2D eigenvalue weighted by Gasteiger charge is 2.20. The number of sulfonamides is 1. The summed E-state index contributed by atoms with van der Waals surface area (Å²) < 4.78 is 25.7. The van der Waals surface area contributed by atoms with Crippen LogP contribution in [0.1, 0.15) is 30.1 Å². The van der Waals surface area contributed by atoms with E-state index < -0.39 is 15.3 Å². The summed E-state index contributed by atoms with van der Waals surface area (Å²) in [6.45, 7) is 2.45. The van der Waals surface area contributed by atoms with Crippen LogP contribution >= 0.6 is 11.6 Å². The molecule has 0 aliphatic heterocycles. The maximum atomic E-state index is 12.2. The Hall–Kier alpha value is -0.910. The highest BCUT2D eigenvalue weighted by Crippen LogP contribution is 2.17. The molecule has 0 aliphatic rings. The smallest absolute Gasteiger partial charge is 0.252 e. The van der Waals surface area contributed by atoms with E-state index in [-0.39, 0.29) is 10.5 Å². The lowest BCUT2D eigenvalue weighted by atomic mass is 10.2. The van der Waals surface area contributed by atoms with Crippen LogP contribution in [-0.2, 0) is 10.0 Å². The fourth-order valence-electron chi connectivity index (χ4n) is 1.46. The third kappa shape index (κ3) is 3.54. The topological polar surface area (TPSA) is 54.5 Å². The Labute approximate surface area is 113 Å². The third-order valence-electron chi connectivity index (χ3n) is 2.60. The quantitative estimate of drug-likeness (QED) is 0.756. The second kappa shape index (κ2) is 6.31. The van der Waals surface area contributed by atoms with Gasteiger partial charge < -0.3 is 0 Å². The van der Waals surface area contributed by atoms with Gasteiger partial charge in [0.05, 0.1) is 4.90 Å². The summed E-state index contributed by atoms with van der Waals surface area (Å²) in [7, 11) is -2.02. The van der Waals surface area contributed by atoms with Crippen LogP contribution in [0.3, 0.4) is 0 Å². The zero-order valence-electron chi connectivity index (χ0n) is 10.4. The van der Waals surface area contributed by atoms with Gasteiger partial charge in [0.2, 0.25) is 10.0 Å². The Morgan fingerprint density at radius 3 is 2.61 bits per heavy atom. The molecule has 0 bridgehead atoms. The van der Waals surface area contributed by atoms with Gasteiger partial charge in [0.15, 0.2) is 0 Å². The number of benzene rings is 1. The molecule has 0 fully saturated rings. The summed E-state index contributed by atoms with van der Waals surface area (Å²) in [5.41, 5.74) is 0.182. The highest BCUT2D eigenvalue weighted by molar-refractivity contribution is 7.89. The molecule has 100 valence electrons. The van der Waals surface area contributed by atoms with Gasteiger partial charge in [-0.2, -0.15) is 0 Å². The van der Waals surface area contributed by atoms with E-state index in [4.69, 9.17) is 11.6 Å². The van der Waals surface area contributed by atoms with E-state index in [1.165, 1.54) is 35.6 Å². The minimum atomic E-state index is -3.54. The normalized spacial score (nSPS) is 11.8. The van der Waals surface area contributed by atoms with Crippen molar-refractivity contribution in [2.45, 2.75) is 24.7 Å². The number of carbonyl (C=O) groups is 1. The van der Waals surface area contributed by atoms with Crippen molar-refractivity contribution in [2.24, 2.45) is 0 Å². The Bertz CT molecular complexity index is 528. The molecule has 0 saturated carbocycles. The lowest BCUT2D eigenvalue weighted by Crippen LogP contribution is -2.28. The summed E-state index contributed by atoms with van der Waals surface area (Å²) in [6.07, 6.45) is 1.71. The van der Waals surface area contributed by atoms with Gasteiger partial charge in [0.25, 0.3) is 5.24 Å². The predicted molar refractivity (Wildman–Crippen MR) is 71.3 cm³/mol. The maximum absolute atomic E-state index is 12.2. The fraction of sp³-hybridized carbons (Fsp3) is 0.417. The van der Waals surface area contributed by atoms with Crippen LogP contribution in [0.4, 0.5) is 0 Å². The Balaban J connectivity index is 3.04. The standard InChI is InChI=1S/C12H16ClNO3S/c1-3-4-8-14(2)18(16,17)11-7-5-6-10(9-11)12(13)15/h5-7,9H,3-4,8H2,1-2H3. The predicted octanol–water partition coefficient (Wildman–Crippen LogP) is 2.49. The van der Waals surface area contributed by atoms with Crippen LogP contribution in [0.2, 0.25) is 0 Å². The van der Waals surface area contributed by atoms with Crippen molar-refractivity contribution in [2.75, 3.05) is 13.6 Å². The number of hydrogen-bond acceptors (Lipinski definition) is 3. The molecular formula is C12H16ClNO3S. The van der Waals surface area contributed by atoms with Gasteiger partial charge in [-0.1, -0.05) is 25.5 Å². The molecule has 1 aromatic rings. The van der Waals surface area contributed by atoms with Gasteiger partial charge in [0.1, 0.15) is 0 Å². The van der Waals surface area contributed by atoms with Crippen molar-refractivity contribution < 1.29 is 13.2 Å². The first kappa shape index (κ1) is 15.1. The van der Waals surface area contributed by atoms with Gasteiger partial charge >= 0.3 is 0 Å². The van der Waals surface area contributed by atoms with Crippen molar-refractivity contribution in [1.29, 1.82) is 0 Å². The minimum Gasteiger partial charge on any atom is -0.276 e.